The predicted molar refractivity (Wildman–Crippen MR) is 111 cm³/mol. The van der Waals surface area contributed by atoms with Crippen LogP contribution >= 0.6 is 0 Å². The van der Waals surface area contributed by atoms with E-state index in [0.717, 1.165) is 24.8 Å². The SMILES string of the molecule is Cc1ccc(C(NC2COC3(CCC3)C2)c2cccc(S(C)(=O)=O)c2)c(C)c1. The Balaban J connectivity index is 1.69. The Labute approximate surface area is 168 Å². The lowest BCUT2D eigenvalue weighted by Gasteiger charge is -2.37. The number of nitrogens with one attached hydrogen (secondary N) is 1. The molecule has 1 spiro atoms. The van der Waals surface area contributed by atoms with Gasteiger partial charge in [0.05, 0.1) is 23.1 Å². The lowest BCUT2D eigenvalue weighted by atomic mass is 9.77. The minimum Gasteiger partial charge on any atom is -0.373 e. The van der Waals surface area contributed by atoms with Crippen LogP contribution in [0.15, 0.2) is 47.4 Å². The number of hydrogen-bond donors (Lipinski definition) is 1. The van der Waals surface area contributed by atoms with Crippen LogP contribution in [0.3, 0.4) is 0 Å². The standard InChI is InChI=1S/C23H29NO3S/c1-16-8-9-21(17(2)12-16)22(18-6-4-7-20(13-18)28(3,25)26)24-19-14-23(27-15-19)10-5-11-23/h4,6-9,12-13,19,22,24H,5,10-11,14-15H2,1-3H3. The molecule has 1 aliphatic heterocycles. The molecule has 28 heavy (non-hydrogen) atoms. The second kappa shape index (κ2) is 7.29. The van der Waals surface area contributed by atoms with Crippen molar-refractivity contribution in [1.82, 2.24) is 5.32 Å². The Morgan fingerprint density at radius 2 is 1.93 bits per heavy atom. The van der Waals surface area contributed by atoms with Crippen molar-refractivity contribution in [3.63, 3.8) is 0 Å². The van der Waals surface area contributed by atoms with Gasteiger partial charge in [-0.05, 0) is 68.4 Å². The molecule has 0 bridgehead atoms. The largest absolute Gasteiger partial charge is 0.373 e. The molecule has 4 nitrogen and oxygen atoms in total. The van der Waals surface area contributed by atoms with E-state index in [0.29, 0.717) is 11.5 Å². The molecular formula is C23H29NO3S. The Kier molecular flexibility index (Phi) is 5.10. The molecule has 2 unspecified atom stereocenters. The maximum atomic E-state index is 12.1. The Bertz CT molecular complexity index is 979. The monoisotopic (exact) mass is 399 g/mol. The Morgan fingerprint density at radius 1 is 1.14 bits per heavy atom. The lowest BCUT2D eigenvalue weighted by Crippen LogP contribution is -2.39. The van der Waals surface area contributed by atoms with Gasteiger partial charge < -0.3 is 10.1 Å². The zero-order chi connectivity index (χ0) is 19.9. The van der Waals surface area contributed by atoms with E-state index in [1.807, 2.05) is 12.1 Å². The molecule has 2 fully saturated rings. The van der Waals surface area contributed by atoms with Crippen molar-refractivity contribution in [2.45, 2.75) is 62.1 Å². The zero-order valence-electron chi connectivity index (χ0n) is 16.9. The third-order valence-electron chi connectivity index (χ3n) is 6.23. The van der Waals surface area contributed by atoms with Gasteiger partial charge in [0.15, 0.2) is 9.84 Å². The van der Waals surface area contributed by atoms with Crippen molar-refractivity contribution < 1.29 is 13.2 Å². The summed E-state index contributed by atoms with van der Waals surface area (Å²) >= 11 is 0. The number of benzene rings is 2. The van der Waals surface area contributed by atoms with Crippen LogP contribution in [0, 0.1) is 13.8 Å². The van der Waals surface area contributed by atoms with E-state index in [4.69, 9.17) is 4.74 Å². The van der Waals surface area contributed by atoms with Gasteiger partial charge >= 0.3 is 0 Å². The molecular weight excluding hydrogens is 370 g/mol. The number of aryl methyl sites for hydroxylation is 2. The van der Waals surface area contributed by atoms with E-state index < -0.39 is 9.84 Å². The first-order chi connectivity index (χ1) is 13.3. The highest BCUT2D eigenvalue weighted by molar-refractivity contribution is 7.90. The van der Waals surface area contributed by atoms with E-state index in [9.17, 15) is 8.42 Å². The molecule has 150 valence electrons. The molecule has 0 amide bonds. The third-order valence-corrected chi connectivity index (χ3v) is 7.34. The van der Waals surface area contributed by atoms with Gasteiger partial charge in [-0.2, -0.15) is 0 Å². The van der Waals surface area contributed by atoms with Crippen molar-refractivity contribution in [2.75, 3.05) is 12.9 Å². The lowest BCUT2D eigenvalue weighted by molar-refractivity contribution is -0.0563. The summed E-state index contributed by atoms with van der Waals surface area (Å²) in [5.41, 5.74) is 4.68. The van der Waals surface area contributed by atoms with E-state index in [1.165, 1.54) is 29.4 Å². The molecule has 1 N–H and O–H groups in total. The number of hydrogen-bond acceptors (Lipinski definition) is 4. The minimum absolute atomic E-state index is 0.0638. The molecule has 1 saturated heterocycles. The number of sulfone groups is 1. The average molecular weight is 400 g/mol. The highest BCUT2D eigenvalue weighted by atomic mass is 32.2. The summed E-state index contributed by atoms with van der Waals surface area (Å²) in [4.78, 5) is 0.361. The van der Waals surface area contributed by atoms with Crippen molar-refractivity contribution in [3.8, 4) is 0 Å². The zero-order valence-corrected chi connectivity index (χ0v) is 17.7. The predicted octanol–water partition coefficient (Wildman–Crippen LogP) is 4.10. The van der Waals surface area contributed by atoms with E-state index in [1.54, 1.807) is 12.1 Å². The fraction of sp³-hybridized carbons (Fsp3) is 0.478. The molecule has 4 rings (SSSR count). The summed E-state index contributed by atoms with van der Waals surface area (Å²) in [6, 6.07) is 14.0. The minimum atomic E-state index is -3.25. The molecule has 0 radical (unpaired) electrons. The van der Waals surface area contributed by atoms with Gasteiger partial charge in [-0.15, -0.1) is 0 Å². The van der Waals surface area contributed by atoms with E-state index in [-0.39, 0.29) is 17.7 Å². The summed E-state index contributed by atoms with van der Waals surface area (Å²) in [7, 11) is -3.25. The third kappa shape index (κ3) is 3.88. The molecule has 1 saturated carbocycles. The van der Waals surface area contributed by atoms with Crippen LogP contribution in [0.2, 0.25) is 0 Å². The maximum Gasteiger partial charge on any atom is 0.175 e. The van der Waals surface area contributed by atoms with Gasteiger partial charge in [0.2, 0.25) is 0 Å². The topological polar surface area (TPSA) is 55.4 Å². The van der Waals surface area contributed by atoms with Crippen molar-refractivity contribution >= 4 is 9.84 Å². The van der Waals surface area contributed by atoms with Crippen molar-refractivity contribution in [1.29, 1.82) is 0 Å². The molecule has 1 aliphatic carbocycles. The van der Waals surface area contributed by atoms with Crippen LogP contribution in [0.25, 0.3) is 0 Å². The fourth-order valence-corrected chi connectivity index (χ4v) is 5.22. The smallest absolute Gasteiger partial charge is 0.175 e. The first-order valence-corrected chi connectivity index (χ1v) is 11.9. The molecule has 2 atom stereocenters. The van der Waals surface area contributed by atoms with Crippen LogP contribution < -0.4 is 5.32 Å². The average Bonchev–Trinajstić information content (AvgIpc) is 3.04. The number of rotatable bonds is 5. The first kappa shape index (κ1) is 19.6. The Hall–Kier alpha value is -1.69. The summed E-state index contributed by atoms with van der Waals surface area (Å²) in [5, 5.41) is 3.79. The second-order valence-electron chi connectivity index (χ2n) is 8.55. The summed E-state index contributed by atoms with van der Waals surface area (Å²) in [6.07, 6.45) is 5.85. The summed E-state index contributed by atoms with van der Waals surface area (Å²) < 4.78 is 30.3. The van der Waals surface area contributed by atoms with Crippen LogP contribution in [-0.4, -0.2) is 32.9 Å². The van der Waals surface area contributed by atoms with Gasteiger partial charge in [-0.25, -0.2) is 8.42 Å². The number of ether oxygens (including phenoxy) is 1. The van der Waals surface area contributed by atoms with Crippen LogP contribution in [0.4, 0.5) is 0 Å². The first-order valence-electron chi connectivity index (χ1n) is 10.0. The Morgan fingerprint density at radius 3 is 2.54 bits per heavy atom. The van der Waals surface area contributed by atoms with Crippen LogP contribution in [0.5, 0.6) is 0 Å². The van der Waals surface area contributed by atoms with Gasteiger partial charge in [-0.1, -0.05) is 35.9 Å². The van der Waals surface area contributed by atoms with Crippen LogP contribution in [0.1, 0.15) is 54.0 Å². The molecule has 2 aromatic carbocycles. The second-order valence-corrected chi connectivity index (χ2v) is 10.6. The van der Waals surface area contributed by atoms with Crippen LogP contribution in [-0.2, 0) is 14.6 Å². The van der Waals surface area contributed by atoms with Gasteiger partial charge in [-0.3, -0.25) is 0 Å². The summed E-state index contributed by atoms with van der Waals surface area (Å²) in [6.45, 7) is 4.93. The van der Waals surface area contributed by atoms with Gasteiger partial charge in [0, 0.05) is 12.3 Å². The highest BCUT2D eigenvalue weighted by Crippen LogP contribution is 2.44. The molecule has 0 aromatic heterocycles. The molecule has 1 heterocycles. The fourth-order valence-electron chi connectivity index (χ4n) is 4.55. The molecule has 5 heteroatoms. The van der Waals surface area contributed by atoms with E-state index >= 15 is 0 Å². The molecule has 2 aromatic rings. The van der Waals surface area contributed by atoms with Gasteiger partial charge in [0.25, 0.3) is 0 Å². The molecule has 2 aliphatic rings. The quantitative estimate of drug-likeness (QED) is 0.822. The normalized spacial score (nSPS) is 22.2. The van der Waals surface area contributed by atoms with Gasteiger partial charge in [0.1, 0.15) is 0 Å². The van der Waals surface area contributed by atoms with Crippen molar-refractivity contribution in [3.05, 3.63) is 64.7 Å². The van der Waals surface area contributed by atoms with Crippen molar-refractivity contribution in [2.24, 2.45) is 0 Å². The summed E-state index contributed by atoms with van der Waals surface area (Å²) in [5.74, 6) is 0. The van der Waals surface area contributed by atoms with E-state index in [2.05, 4.69) is 37.4 Å². The maximum absolute atomic E-state index is 12.1. The highest BCUT2D eigenvalue weighted by Gasteiger charge is 2.45.